The number of hydrogen-bond donors (Lipinski definition) is 0. The molecule has 0 spiro atoms. The highest BCUT2D eigenvalue weighted by Crippen LogP contribution is 2.35. The van der Waals surface area contributed by atoms with Gasteiger partial charge in [0.05, 0.1) is 17.8 Å². The van der Waals surface area contributed by atoms with Crippen LogP contribution in [0.5, 0.6) is 5.75 Å². The molecule has 2 aromatic carbocycles. The molecule has 0 saturated carbocycles. The lowest BCUT2D eigenvalue weighted by Gasteiger charge is -2.29. The number of fused-ring (bicyclic) bond motifs is 1. The smallest absolute Gasteiger partial charge is 0.261 e. The fourth-order valence-electron chi connectivity index (χ4n) is 2.24. The van der Waals surface area contributed by atoms with Gasteiger partial charge in [0, 0.05) is 5.02 Å². The first kappa shape index (κ1) is 14.7. The Morgan fingerprint density at radius 3 is 2.68 bits per heavy atom. The molecule has 0 aromatic heterocycles. The van der Waals surface area contributed by atoms with Gasteiger partial charge < -0.3 is 9.64 Å². The lowest BCUT2D eigenvalue weighted by Crippen LogP contribution is -2.38. The van der Waals surface area contributed by atoms with E-state index in [1.807, 2.05) is 0 Å². The molecule has 2 aromatic rings. The Hall–Kier alpha value is -2.21. The fourth-order valence-corrected chi connectivity index (χ4v) is 2.40. The number of nitrogens with zero attached hydrogens (tertiary/aromatic N) is 1. The van der Waals surface area contributed by atoms with Crippen LogP contribution in [0.25, 0.3) is 0 Å². The van der Waals surface area contributed by atoms with Crippen molar-refractivity contribution >= 4 is 23.2 Å². The van der Waals surface area contributed by atoms with Gasteiger partial charge in [0.25, 0.3) is 5.91 Å². The number of benzene rings is 2. The lowest BCUT2D eigenvalue weighted by molar-refractivity contribution is 0.0971. The third-order valence-corrected chi connectivity index (χ3v) is 3.53. The number of hydrogen-bond acceptors (Lipinski definition) is 2. The molecule has 0 bridgehead atoms. The highest BCUT2D eigenvalue weighted by atomic mass is 35.5. The van der Waals surface area contributed by atoms with Crippen LogP contribution in [-0.4, -0.2) is 19.1 Å². The Labute approximate surface area is 128 Å². The van der Waals surface area contributed by atoms with E-state index in [-0.39, 0.29) is 13.2 Å². The SMILES string of the molecule is O=C(c1ccc(F)c(F)c1F)N1CCOc2ccc(Cl)cc21. The topological polar surface area (TPSA) is 29.5 Å². The lowest BCUT2D eigenvalue weighted by atomic mass is 10.1. The normalized spacial score (nSPS) is 13.5. The summed E-state index contributed by atoms with van der Waals surface area (Å²) < 4.78 is 45.5. The van der Waals surface area contributed by atoms with Gasteiger partial charge in [-0.3, -0.25) is 4.79 Å². The van der Waals surface area contributed by atoms with Crippen LogP contribution in [0.15, 0.2) is 30.3 Å². The number of ether oxygens (including phenoxy) is 1. The maximum atomic E-state index is 13.8. The minimum absolute atomic E-state index is 0.143. The molecular formula is C15H9ClF3NO2. The molecule has 7 heteroatoms. The predicted molar refractivity (Wildman–Crippen MR) is 74.9 cm³/mol. The molecule has 3 rings (SSSR count). The van der Waals surface area contributed by atoms with Crippen LogP contribution in [0.4, 0.5) is 18.9 Å². The molecule has 0 saturated heterocycles. The number of rotatable bonds is 1. The predicted octanol–water partition coefficient (Wildman–Crippen LogP) is 3.80. The first-order valence-electron chi connectivity index (χ1n) is 6.37. The minimum Gasteiger partial charge on any atom is -0.490 e. The van der Waals surface area contributed by atoms with Gasteiger partial charge in [-0.15, -0.1) is 0 Å². The van der Waals surface area contributed by atoms with E-state index >= 15 is 0 Å². The molecule has 0 N–H and O–H groups in total. The highest BCUT2D eigenvalue weighted by molar-refractivity contribution is 6.31. The molecular weight excluding hydrogens is 319 g/mol. The van der Waals surface area contributed by atoms with E-state index in [4.69, 9.17) is 16.3 Å². The van der Waals surface area contributed by atoms with Crippen LogP contribution in [0.1, 0.15) is 10.4 Å². The Kier molecular flexibility index (Phi) is 3.70. The standard InChI is InChI=1S/C15H9ClF3NO2/c16-8-1-4-12-11(7-8)20(5-6-22-12)15(21)9-2-3-10(17)14(19)13(9)18/h1-4,7H,5-6H2. The maximum Gasteiger partial charge on any atom is 0.261 e. The molecule has 0 unspecified atom stereocenters. The largest absolute Gasteiger partial charge is 0.490 e. The van der Waals surface area contributed by atoms with Crippen molar-refractivity contribution in [3.8, 4) is 5.75 Å². The Bertz CT molecular complexity index is 767. The Balaban J connectivity index is 2.05. The zero-order valence-corrected chi connectivity index (χ0v) is 11.8. The zero-order valence-electron chi connectivity index (χ0n) is 11.1. The number of amides is 1. The fraction of sp³-hybridized carbons (Fsp3) is 0.133. The summed E-state index contributed by atoms with van der Waals surface area (Å²) >= 11 is 5.89. The van der Waals surface area contributed by atoms with Crippen LogP contribution in [-0.2, 0) is 0 Å². The van der Waals surface area contributed by atoms with Crippen LogP contribution in [0.2, 0.25) is 5.02 Å². The second-order valence-electron chi connectivity index (χ2n) is 4.64. The van der Waals surface area contributed by atoms with Crippen molar-refractivity contribution in [2.45, 2.75) is 0 Å². The van der Waals surface area contributed by atoms with E-state index in [0.717, 1.165) is 6.07 Å². The molecule has 1 amide bonds. The highest BCUT2D eigenvalue weighted by Gasteiger charge is 2.28. The third kappa shape index (κ3) is 2.39. The number of carbonyl (C=O) groups excluding carboxylic acids is 1. The molecule has 22 heavy (non-hydrogen) atoms. The molecule has 0 fully saturated rings. The third-order valence-electron chi connectivity index (χ3n) is 3.29. The quantitative estimate of drug-likeness (QED) is 0.746. The molecule has 1 aliphatic rings. The van der Waals surface area contributed by atoms with E-state index in [1.165, 1.54) is 11.0 Å². The van der Waals surface area contributed by atoms with Crippen molar-refractivity contribution in [1.29, 1.82) is 0 Å². The van der Waals surface area contributed by atoms with Gasteiger partial charge in [0.15, 0.2) is 17.5 Å². The molecule has 0 radical (unpaired) electrons. The summed E-state index contributed by atoms with van der Waals surface area (Å²) in [7, 11) is 0. The van der Waals surface area contributed by atoms with Crippen molar-refractivity contribution in [3.05, 3.63) is 58.4 Å². The van der Waals surface area contributed by atoms with Crippen molar-refractivity contribution in [2.24, 2.45) is 0 Å². The summed E-state index contributed by atoms with van der Waals surface area (Å²) in [5.41, 5.74) is -0.195. The van der Waals surface area contributed by atoms with E-state index in [9.17, 15) is 18.0 Å². The average molecular weight is 328 g/mol. The van der Waals surface area contributed by atoms with E-state index in [2.05, 4.69) is 0 Å². The van der Waals surface area contributed by atoms with Crippen molar-refractivity contribution in [1.82, 2.24) is 0 Å². The monoisotopic (exact) mass is 327 g/mol. The summed E-state index contributed by atoms with van der Waals surface area (Å²) in [4.78, 5) is 13.7. The molecule has 0 atom stereocenters. The molecule has 114 valence electrons. The summed E-state index contributed by atoms with van der Waals surface area (Å²) in [5, 5.41) is 0.368. The second-order valence-corrected chi connectivity index (χ2v) is 5.08. The Morgan fingerprint density at radius 1 is 1.14 bits per heavy atom. The maximum absolute atomic E-state index is 13.8. The molecule has 0 aliphatic carbocycles. The van der Waals surface area contributed by atoms with Gasteiger partial charge in [0.1, 0.15) is 12.4 Å². The number of carbonyl (C=O) groups is 1. The first-order valence-corrected chi connectivity index (χ1v) is 6.74. The minimum atomic E-state index is -1.68. The van der Waals surface area contributed by atoms with Crippen LogP contribution in [0, 0.1) is 17.5 Å². The molecule has 1 heterocycles. The van der Waals surface area contributed by atoms with Crippen LogP contribution in [0.3, 0.4) is 0 Å². The van der Waals surface area contributed by atoms with Crippen LogP contribution < -0.4 is 9.64 Å². The van der Waals surface area contributed by atoms with Crippen molar-refractivity contribution in [3.63, 3.8) is 0 Å². The second kappa shape index (κ2) is 5.53. The van der Waals surface area contributed by atoms with Gasteiger partial charge in [-0.25, -0.2) is 13.2 Å². The van der Waals surface area contributed by atoms with Crippen molar-refractivity contribution in [2.75, 3.05) is 18.1 Å². The zero-order chi connectivity index (χ0) is 15.9. The Morgan fingerprint density at radius 2 is 1.91 bits per heavy atom. The van der Waals surface area contributed by atoms with Gasteiger partial charge in [-0.2, -0.15) is 0 Å². The number of anilines is 1. The summed E-state index contributed by atoms with van der Waals surface area (Å²) in [5.74, 6) is -4.92. The first-order chi connectivity index (χ1) is 10.5. The van der Waals surface area contributed by atoms with Crippen molar-refractivity contribution < 1.29 is 22.7 Å². The van der Waals surface area contributed by atoms with Gasteiger partial charge in [-0.05, 0) is 30.3 Å². The molecule has 3 nitrogen and oxygen atoms in total. The number of halogens is 4. The van der Waals surface area contributed by atoms with Gasteiger partial charge in [0.2, 0.25) is 0 Å². The summed E-state index contributed by atoms with van der Waals surface area (Å²) in [6, 6.07) is 6.29. The van der Waals surface area contributed by atoms with Crippen LogP contribution >= 0.6 is 11.6 Å². The average Bonchev–Trinajstić information content (AvgIpc) is 2.51. The van der Waals surface area contributed by atoms with Gasteiger partial charge in [-0.1, -0.05) is 11.6 Å². The van der Waals surface area contributed by atoms with E-state index in [0.29, 0.717) is 22.5 Å². The van der Waals surface area contributed by atoms with Gasteiger partial charge >= 0.3 is 0 Å². The van der Waals surface area contributed by atoms with E-state index in [1.54, 1.807) is 12.1 Å². The molecule has 1 aliphatic heterocycles. The summed E-state index contributed by atoms with van der Waals surface area (Å²) in [6.45, 7) is 0.344. The summed E-state index contributed by atoms with van der Waals surface area (Å²) in [6.07, 6.45) is 0. The van der Waals surface area contributed by atoms with E-state index < -0.39 is 28.9 Å².